The first-order valence-corrected chi connectivity index (χ1v) is 9.32. The first kappa shape index (κ1) is 18.2. The van der Waals surface area contributed by atoms with Crippen molar-refractivity contribution in [2.45, 2.75) is 13.8 Å². The summed E-state index contributed by atoms with van der Waals surface area (Å²) >= 11 is 2.30. The third-order valence-electron chi connectivity index (χ3n) is 3.29. The molecule has 1 aliphatic heterocycles. The van der Waals surface area contributed by atoms with Gasteiger partial charge in [0, 0.05) is 0 Å². The molecule has 1 aromatic heterocycles. The second kappa shape index (κ2) is 7.71. The van der Waals surface area contributed by atoms with Gasteiger partial charge >= 0.3 is 5.97 Å². The molecule has 1 fully saturated rings. The van der Waals surface area contributed by atoms with Crippen LogP contribution in [-0.2, 0) is 9.53 Å². The summed E-state index contributed by atoms with van der Waals surface area (Å²) in [6.45, 7) is 3.74. The molecule has 2 heterocycles. The average Bonchev–Trinajstić information content (AvgIpc) is 3.12. The molecule has 1 aliphatic rings. The molecule has 0 radical (unpaired) electrons. The number of esters is 1. The van der Waals surface area contributed by atoms with Crippen molar-refractivity contribution in [3.05, 3.63) is 45.3 Å². The Morgan fingerprint density at radius 3 is 2.81 bits per heavy atom. The highest BCUT2D eigenvalue weighted by molar-refractivity contribution is 8.18. The molecule has 134 valence electrons. The Morgan fingerprint density at radius 2 is 2.12 bits per heavy atom. The van der Waals surface area contributed by atoms with E-state index >= 15 is 0 Å². The molecule has 2 aromatic rings. The van der Waals surface area contributed by atoms with E-state index in [4.69, 9.17) is 4.74 Å². The SMILES string of the molecule is CCOC(=O)c1sc(/N=C2\NC(=O)/C(=C/c3ccc(O)cc3)S2)nc1C. The first-order chi connectivity index (χ1) is 12.5. The number of phenolic OH excluding ortho intramolecular Hbond substituents is 1. The zero-order valence-electron chi connectivity index (χ0n) is 14.0. The van der Waals surface area contributed by atoms with Crippen molar-refractivity contribution in [2.24, 2.45) is 4.99 Å². The lowest BCUT2D eigenvalue weighted by Gasteiger charge is -1.97. The number of benzene rings is 1. The number of thioether (sulfide) groups is 1. The number of hydrogen-bond donors (Lipinski definition) is 2. The lowest BCUT2D eigenvalue weighted by Crippen LogP contribution is -2.19. The number of ether oxygens (including phenoxy) is 1. The topological polar surface area (TPSA) is 101 Å². The van der Waals surface area contributed by atoms with Crippen molar-refractivity contribution in [1.82, 2.24) is 10.3 Å². The molecule has 0 unspecified atom stereocenters. The van der Waals surface area contributed by atoms with E-state index in [-0.39, 0.29) is 18.3 Å². The van der Waals surface area contributed by atoms with Gasteiger partial charge in [-0.3, -0.25) is 4.79 Å². The molecule has 1 aromatic carbocycles. The summed E-state index contributed by atoms with van der Waals surface area (Å²) in [7, 11) is 0. The molecule has 0 spiro atoms. The number of nitrogens with zero attached hydrogens (tertiary/aromatic N) is 2. The average molecular weight is 389 g/mol. The number of aryl methyl sites for hydroxylation is 1. The first-order valence-electron chi connectivity index (χ1n) is 7.69. The molecular formula is C17H15N3O4S2. The lowest BCUT2D eigenvalue weighted by atomic mass is 10.2. The van der Waals surface area contributed by atoms with Crippen LogP contribution in [0.2, 0.25) is 0 Å². The number of carbonyl (C=O) groups excluding carboxylic acids is 2. The fraction of sp³-hybridized carbons (Fsp3) is 0.176. The Balaban J connectivity index is 1.79. The van der Waals surface area contributed by atoms with E-state index in [1.165, 1.54) is 11.8 Å². The predicted octanol–water partition coefficient (Wildman–Crippen LogP) is 3.23. The highest BCUT2D eigenvalue weighted by atomic mass is 32.2. The Morgan fingerprint density at radius 1 is 1.38 bits per heavy atom. The van der Waals surface area contributed by atoms with E-state index in [2.05, 4.69) is 15.3 Å². The van der Waals surface area contributed by atoms with Gasteiger partial charge in [-0.2, -0.15) is 4.99 Å². The Labute approximate surface area is 157 Å². The van der Waals surface area contributed by atoms with Crippen LogP contribution in [0.3, 0.4) is 0 Å². The number of hydrogen-bond acceptors (Lipinski definition) is 8. The van der Waals surface area contributed by atoms with Crippen molar-refractivity contribution in [1.29, 1.82) is 0 Å². The Hall–Kier alpha value is -2.65. The fourth-order valence-electron chi connectivity index (χ4n) is 2.11. The van der Waals surface area contributed by atoms with Crippen molar-refractivity contribution < 1.29 is 19.4 Å². The number of amides is 1. The van der Waals surface area contributed by atoms with Crippen molar-refractivity contribution >= 4 is 51.4 Å². The van der Waals surface area contributed by atoms with Crippen molar-refractivity contribution in [2.75, 3.05) is 6.61 Å². The highest BCUT2D eigenvalue weighted by Gasteiger charge is 2.25. The quantitative estimate of drug-likeness (QED) is 0.615. The highest BCUT2D eigenvalue weighted by Crippen LogP contribution is 2.31. The molecule has 9 heteroatoms. The standard InChI is InChI=1S/C17H15N3O4S2/c1-3-24-15(23)13-9(2)18-16(26-13)20-17-19-14(22)12(25-17)8-10-4-6-11(21)7-5-10/h4-8,21H,3H2,1-2H3,(H,18,19,20,22)/b12-8-. The summed E-state index contributed by atoms with van der Waals surface area (Å²) in [5.74, 6) is -0.528. The number of amidine groups is 1. The molecular weight excluding hydrogens is 374 g/mol. The molecule has 3 rings (SSSR count). The van der Waals surface area contributed by atoms with Crippen LogP contribution in [-0.4, -0.2) is 33.7 Å². The van der Waals surface area contributed by atoms with Gasteiger partial charge < -0.3 is 15.2 Å². The molecule has 0 bridgehead atoms. The van der Waals surface area contributed by atoms with E-state index in [0.29, 0.717) is 25.8 Å². The second-order valence-corrected chi connectivity index (χ2v) is 7.21. The van der Waals surface area contributed by atoms with Gasteiger partial charge in [0.25, 0.3) is 5.91 Å². The maximum Gasteiger partial charge on any atom is 0.350 e. The van der Waals surface area contributed by atoms with E-state index in [1.807, 2.05) is 0 Å². The number of nitrogens with one attached hydrogen (secondary N) is 1. The maximum atomic E-state index is 12.1. The van der Waals surface area contributed by atoms with Crippen LogP contribution in [0.15, 0.2) is 34.2 Å². The predicted molar refractivity (Wildman–Crippen MR) is 102 cm³/mol. The minimum Gasteiger partial charge on any atom is -0.508 e. The van der Waals surface area contributed by atoms with Gasteiger partial charge in [0.2, 0.25) is 5.13 Å². The smallest absolute Gasteiger partial charge is 0.350 e. The van der Waals surface area contributed by atoms with Gasteiger partial charge in [-0.1, -0.05) is 23.5 Å². The van der Waals surface area contributed by atoms with Crippen LogP contribution in [0.4, 0.5) is 5.13 Å². The third kappa shape index (κ3) is 4.12. The zero-order valence-corrected chi connectivity index (χ0v) is 15.6. The Bertz CT molecular complexity index is 917. The molecule has 2 N–H and O–H groups in total. The largest absolute Gasteiger partial charge is 0.508 e. The number of thiazole rings is 1. The summed E-state index contributed by atoms with van der Waals surface area (Å²) in [6.07, 6.45) is 1.71. The molecule has 1 saturated heterocycles. The summed E-state index contributed by atoms with van der Waals surface area (Å²) < 4.78 is 4.98. The van der Waals surface area contributed by atoms with E-state index in [9.17, 15) is 14.7 Å². The van der Waals surface area contributed by atoms with Gasteiger partial charge in [0.15, 0.2) is 5.17 Å². The molecule has 0 saturated carbocycles. The minimum atomic E-state index is -0.426. The summed E-state index contributed by atoms with van der Waals surface area (Å²) in [4.78, 5) is 33.4. The van der Waals surface area contributed by atoms with Gasteiger partial charge in [-0.15, -0.1) is 0 Å². The minimum absolute atomic E-state index is 0.162. The number of aromatic nitrogens is 1. The van der Waals surface area contributed by atoms with Crippen LogP contribution in [0, 0.1) is 6.92 Å². The van der Waals surface area contributed by atoms with Crippen LogP contribution in [0.25, 0.3) is 6.08 Å². The van der Waals surface area contributed by atoms with Gasteiger partial charge in [-0.25, -0.2) is 9.78 Å². The van der Waals surface area contributed by atoms with E-state index < -0.39 is 5.97 Å². The Kier molecular flexibility index (Phi) is 5.38. The molecule has 0 aliphatic carbocycles. The van der Waals surface area contributed by atoms with E-state index in [0.717, 1.165) is 16.9 Å². The van der Waals surface area contributed by atoms with Crippen LogP contribution < -0.4 is 5.32 Å². The number of phenols is 1. The number of rotatable bonds is 4. The summed E-state index contributed by atoms with van der Waals surface area (Å²) in [5.41, 5.74) is 1.33. The summed E-state index contributed by atoms with van der Waals surface area (Å²) in [5, 5.41) is 12.8. The molecule has 0 atom stereocenters. The molecule has 7 nitrogen and oxygen atoms in total. The number of carbonyl (C=O) groups is 2. The normalized spacial score (nSPS) is 16.9. The van der Waals surface area contributed by atoms with Crippen molar-refractivity contribution in [3.63, 3.8) is 0 Å². The fourth-order valence-corrected chi connectivity index (χ4v) is 3.82. The second-order valence-electron chi connectivity index (χ2n) is 5.20. The van der Waals surface area contributed by atoms with Crippen LogP contribution >= 0.6 is 23.1 Å². The maximum absolute atomic E-state index is 12.1. The molecule has 1 amide bonds. The van der Waals surface area contributed by atoms with Crippen LogP contribution in [0.1, 0.15) is 27.9 Å². The van der Waals surface area contributed by atoms with Gasteiger partial charge in [0.1, 0.15) is 10.6 Å². The number of aromatic hydroxyl groups is 1. The van der Waals surface area contributed by atoms with Gasteiger partial charge in [0.05, 0.1) is 17.2 Å². The van der Waals surface area contributed by atoms with Crippen LogP contribution in [0.5, 0.6) is 5.75 Å². The molecule has 26 heavy (non-hydrogen) atoms. The third-order valence-corrected chi connectivity index (χ3v) is 5.23. The van der Waals surface area contributed by atoms with E-state index in [1.54, 1.807) is 44.2 Å². The van der Waals surface area contributed by atoms with Gasteiger partial charge in [-0.05, 0) is 49.4 Å². The lowest BCUT2D eigenvalue weighted by molar-refractivity contribution is -0.115. The zero-order chi connectivity index (χ0) is 18.7. The summed E-state index contributed by atoms with van der Waals surface area (Å²) in [6, 6.07) is 6.52. The monoisotopic (exact) mass is 389 g/mol. The van der Waals surface area contributed by atoms with Crippen molar-refractivity contribution in [3.8, 4) is 5.75 Å². The number of aliphatic imine (C=N–C) groups is 1.